The third kappa shape index (κ3) is 5.89. The van der Waals surface area contributed by atoms with E-state index in [0.29, 0.717) is 24.0 Å². The first-order valence-corrected chi connectivity index (χ1v) is 14.9. The van der Waals surface area contributed by atoms with Gasteiger partial charge in [-0.15, -0.1) is 0 Å². The number of carbonyl (C=O) groups is 4. The first kappa shape index (κ1) is 30.7. The molecule has 0 amide bonds. The molecule has 8 nitrogen and oxygen atoms in total. The van der Waals surface area contributed by atoms with Crippen LogP contribution < -0.4 is 0 Å². The number of fused-ring (bicyclic) bond motifs is 2. The zero-order chi connectivity index (χ0) is 31.7. The summed E-state index contributed by atoms with van der Waals surface area (Å²) in [5.41, 5.74) is 6.33. The molecule has 8 heteroatoms. The van der Waals surface area contributed by atoms with Crippen LogP contribution in [0.5, 0.6) is 0 Å². The van der Waals surface area contributed by atoms with Gasteiger partial charge in [0, 0.05) is 59.9 Å². The van der Waals surface area contributed by atoms with Crippen LogP contribution in [0, 0.1) is 0 Å². The lowest BCUT2D eigenvalue weighted by Crippen LogP contribution is -2.54. The average Bonchev–Trinajstić information content (AvgIpc) is 3.51. The molecule has 4 unspecified atom stereocenters. The Morgan fingerprint density at radius 3 is 1.34 bits per heavy atom. The second-order valence-corrected chi connectivity index (χ2v) is 11.9. The van der Waals surface area contributed by atoms with E-state index < -0.39 is 47.5 Å². The van der Waals surface area contributed by atoms with Crippen LogP contribution in [0.2, 0.25) is 0 Å². The van der Waals surface area contributed by atoms with Crippen molar-refractivity contribution in [2.24, 2.45) is 0 Å². The van der Waals surface area contributed by atoms with E-state index >= 15 is 0 Å². The second kappa shape index (κ2) is 12.5. The molecule has 1 aliphatic carbocycles. The van der Waals surface area contributed by atoms with Crippen molar-refractivity contribution in [1.29, 1.82) is 0 Å². The van der Waals surface area contributed by atoms with E-state index in [-0.39, 0.29) is 0 Å². The van der Waals surface area contributed by atoms with Crippen LogP contribution in [0.1, 0.15) is 75.9 Å². The summed E-state index contributed by atoms with van der Waals surface area (Å²) in [6.07, 6.45) is 2.14. The Hall–Kier alpha value is -4.72. The monoisotopic (exact) mass is 594 g/mol. The maximum absolute atomic E-state index is 14.8. The number of hydrogen-bond donors (Lipinski definition) is 2. The summed E-state index contributed by atoms with van der Waals surface area (Å²) in [4.78, 5) is 61.5. The number of allylic oxidation sites excluding steroid dienone is 4. The first-order chi connectivity index (χ1) is 21.0. The van der Waals surface area contributed by atoms with Gasteiger partial charge in [0.2, 0.25) is 0 Å². The van der Waals surface area contributed by atoms with Crippen LogP contribution in [-0.2, 0) is 41.5 Å². The van der Waals surface area contributed by atoms with Gasteiger partial charge in [-0.25, -0.2) is 0 Å². The number of Topliss-reactive ketones (excluding diaryl/α,β-unsaturated/α-hetero) is 2. The van der Waals surface area contributed by atoms with E-state index in [0.717, 1.165) is 44.3 Å². The van der Waals surface area contributed by atoms with E-state index in [1.165, 1.54) is 13.8 Å². The molecule has 4 atom stereocenters. The summed E-state index contributed by atoms with van der Waals surface area (Å²) >= 11 is 0. The number of ether oxygens (including phenoxy) is 2. The van der Waals surface area contributed by atoms with Gasteiger partial charge < -0.3 is 19.4 Å². The lowest BCUT2D eigenvalue weighted by atomic mass is 9.69. The summed E-state index contributed by atoms with van der Waals surface area (Å²) in [6.45, 7) is 10.4. The van der Waals surface area contributed by atoms with Gasteiger partial charge in [-0.3, -0.25) is 19.2 Å². The van der Waals surface area contributed by atoms with Crippen LogP contribution >= 0.6 is 0 Å². The largest absolute Gasteiger partial charge is 0.453 e. The van der Waals surface area contributed by atoms with Crippen molar-refractivity contribution in [3.05, 3.63) is 94.3 Å². The maximum atomic E-state index is 14.8. The van der Waals surface area contributed by atoms with E-state index in [1.54, 1.807) is 0 Å². The van der Waals surface area contributed by atoms with Crippen LogP contribution in [0.3, 0.4) is 0 Å². The SMILES string of the molecule is CC(=O)OC1C(=O)C(c2c(CC=C(C)C)[nH]c3ccccc23)C(OC(C)=O)C(=O)C1c1c(CC=C(C)C)[nH]c2ccccc12. The molecule has 2 aromatic carbocycles. The molecule has 0 bridgehead atoms. The van der Waals surface area contributed by atoms with Crippen LogP contribution in [0.25, 0.3) is 21.8 Å². The van der Waals surface area contributed by atoms with Crippen molar-refractivity contribution in [1.82, 2.24) is 9.97 Å². The fourth-order valence-electron chi connectivity index (χ4n) is 6.26. The summed E-state index contributed by atoms with van der Waals surface area (Å²) < 4.78 is 11.5. The van der Waals surface area contributed by atoms with Gasteiger partial charge in [-0.1, -0.05) is 59.7 Å². The number of H-pyrrole nitrogens is 2. The zero-order valence-electron chi connectivity index (χ0n) is 25.9. The van der Waals surface area contributed by atoms with Gasteiger partial charge in [-0.05, 0) is 51.0 Å². The van der Waals surface area contributed by atoms with Crippen molar-refractivity contribution in [2.45, 2.75) is 78.4 Å². The van der Waals surface area contributed by atoms with Gasteiger partial charge in [0.05, 0.1) is 11.8 Å². The van der Waals surface area contributed by atoms with Crippen molar-refractivity contribution in [3.8, 4) is 0 Å². The fraction of sp³-hybridized carbons (Fsp3) is 0.333. The summed E-state index contributed by atoms with van der Waals surface area (Å²) in [5, 5.41) is 1.48. The Labute approximate surface area is 256 Å². The first-order valence-electron chi connectivity index (χ1n) is 14.9. The molecular weight excluding hydrogens is 556 g/mol. The molecule has 0 spiro atoms. The predicted octanol–water partition coefficient (Wildman–Crippen LogP) is 6.55. The molecule has 0 aliphatic heterocycles. The smallest absolute Gasteiger partial charge is 0.303 e. The summed E-state index contributed by atoms with van der Waals surface area (Å²) in [5.74, 6) is -4.71. The average molecular weight is 595 g/mol. The Morgan fingerprint density at radius 1 is 0.636 bits per heavy atom. The van der Waals surface area contributed by atoms with E-state index in [2.05, 4.69) is 9.97 Å². The van der Waals surface area contributed by atoms with Gasteiger partial charge in [0.25, 0.3) is 0 Å². The van der Waals surface area contributed by atoms with E-state index in [4.69, 9.17) is 9.47 Å². The third-order valence-electron chi connectivity index (χ3n) is 8.07. The number of carbonyl (C=O) groups excluding carboxylic acids is 4. The van der Waals surface area contributed by atoms with E-state index in [1.807, 2.05) is 88.4 Å². The maximum Gasteiger partial charge on any atom is 0.303 e. The highest BCUT2D eigenvalue weighted by molar-refractivity contribution is 6.12. The lowest BCUT2D eigenvalue weighted by molar-refractivity contribution is -0.170. The molecule has 2 aromatic heterocycles. The Bertz CT molecular complexity index is 1700. The zero-order valence-corrected chi connectivity index (χ0v) is 25.9. The minimum Gasteiger partial charge on any atom is -0.453 e. The number of esters is 2. The normalized spacial score (nSPS) is 20.0. The molecule has 1 fully saturated rings. The molecular formula is C36H38N2O6. The molecule has 0 saturated heterocycles. The summed E-state index contributed by atoms with van der Waals surface area (Å²) in [7, 11) is 0. The number of benzene rings is 2. The highest BCUT2D eigenvalue weighted by atomic mass is 16.6. The minimum absolute atomic E-state index is 0.466. The lowest BCUT2D eigenvalue weighted by Gasteiger charge is -2.38. The molecule has 44 heavy (non-hydrogen) atoms. The number of para-hydroxylation sites is 2. The van der Waals surface area contributed by atoms with Crippen LogP contribution in [0.4, 0.5) is 0 Å². The highest BCUT2D eigenvalue weighted by Crippen LogP contribution is 2.45. The minimum atomic E-state index is -1.42. The standard InChI is InChI=1S/C36H38N2O6/c1-19(2)15-17-27-29(23-11-7-9-13-25(23)37-27)31-33(41)36(44-22(6)40)32(34(42)35(31)43-21(5)39)30-24-12-8-10-14-26(24)38-28(30)18-16-20(3)4/h7-16,31-32,35-38H,17-18H2,1-6H3. The van der Waals surface area contributed by atoms with Crippen LogP contribution in [0.15, 0.2) is 71.8 Å². The molecule has 4 aromatic rings. The quantitative estimate of drug-likeness (QED) is 0.176. The van der Waals surface area contributed by atoms with Gasteiger partial charge >= 0.3 is 11.9 Å². The van der Waals surface area contributed by atoms with Gasteiger partial charge in [-0.2, -0.15) is 0 Å². The molecule has 0 radical (unpaired) electrons. The van der Waals surface area contributed by atoms with Crippen molar-refractivity contribution in [3.63, 3.8) is 0 Å². The number of ketones is 2. The molecule has 2 N–H and O–H groups in total. The van der Waals surface area contributed by atoms with Crippen molar-refractivity contribution >= 4 is 45.3 Å². The number of nitrogens with one attached hydrogen (secondary N) is 2. The number of rotatable bonds is 8. The van der Waals surface area contributed by atoms with Crippen molar-refractivity contribution < 1.29 is 28.7 Å². The Balaban J connectivity index is 1.76. The Kier molecular flexibility index (Phi) is 8.72. The molecule has 5 rings (SSSR count). The Morgan fingerprint density at radius 2 is 1.00 bits per heavy atom. The van der Waals surface area contributed by atoms with Crippen molar-refractivity contribution in [2.75, 3.05) is 0 Å². The highest BCUT2D eigenvalue weighted by Gasteiger charge is 2.56. The second-order valence-electron chi connectivity index (χ2n) is 11.9. The topological polar surface area (TPSA) is 118 Å². The van der Waals surface area contributed by atoms with Gasteiger partial charge in [0.15, 0.2) is 23.8 Å². The van der Waals surface area contributed by atoms with E-state index in [9.17, 15) is 19.2 Å². The fourth-order valence-corrected chi connectivity index (χ4v) is 6.26. The number of hydrogen-bond acceptors (Lipinski definition) is 6. The molecule has 228 valence electrons. The third-order valence-corrected chi connectivity index (χ3v) is 8.07. The predicted molar refractivity (Wildman–Crippen MR) is 169 cm³/mol. The number of aromatic nitrogens is 2. The molecule has 1 aliphatic rings. The number of aromatic amines is 2. The van der Waals surface area contributed by atoms with Gasteiger partial charge in [0.1, 0.15) is 0 Å². The molecule has 1 saturated carbocycles. The summed E-state index contributed by atoms with van der Waals surface area (Å²) in [6, 6.07) is 15.0. The van der Waals surface area contributed by atoms with Crippen LogP contribution in [-0.4, -0.2) is 45.7 Å². The molecule has 2 heterocycles.